The molecule has 6 nitrogen and oxygen atoms in total. The summed E-state index contributed by atoms with van der Waals surface area (Å²) in [6.07, 6.45) is 6.93. The Hall–Kier alpha value is -1.47. The van der Waals surface area contributed by atoms with Crippen LogP contribution in [0.3, 0.4) is 0 Å². The highest BCUT2D eigenvalue weighted by molar-refractivity contribution is 7.92. The van der Waals surface area contributed by atoms with Crippen molar-refractivity contribution in [2.24, 2.45) is 5.92 Å². The van der Waals surface area contributed by atoms with Crippen LogP contribution in [0.5, 0.6) is 5.75 Å². The number of ether oxygens (including phenoxy) is 1. The molecule has 26 heavy (non-hydrogen) atoms. The van der Waals surface area contributed by atoms with Gasteiger partial charge in [-0.1, -0.05) is 30.9 Å². The Bertz CT molecular complexity index is 733. The average molecular weight is 403 g/mol. The summed E-state index contributed by atoms with van der Waals surface area (Å²) in [5.74, 6) is 0.605. The highest BCUT2D eigenvalue weighted by Crippen LogP contribution is 2.31. The lowest BCUT2D eigenvalue weighted by atomic mass is 9.89. The summed E-state index contributed by atoms with van der Waals surface area (Å²) in [4.78, 5) is 12.6. The Balaban J connectivity index is 2.15. The van der Waals surface area contributed by atoms with Gasteiger partial charge in [-0.25, -0.2) is 8.42 Å². The SMILES string of the molecule is COc1ccc(N(C(C)C(=O)NCC2CCCCC2)S(C)(=O)=O)cc1Cl. The fourth-order valence-corrected chi connectivity index (χ4v) is 4.80. The fourth-order valence-electron chi connectivity index (χ4n) is 3.39. The number of hydrogen-bond acceptors (Lipinski definition) is 4. The number of sulfonamides is 1. The second-order valence-corrected chi connectivity index (χ2v) is 9.07. The summed E-state index contributed by atoms with van der Waals surface area (Å²) in [5, 5.41) is 3.19. The molecule has 1 aliphatic carbocycles. The van der Waals surface area contributed by atoms with Crippen molar-refractivity contribution in [2.45, 2.75) is 45.1 Å². The summed E-state index contributed by atoms with van der Waals surface area (Å²) >= 11 is 6.12. The molecular weight excluding hydrogens is 376 g/mol. The maximum absolute atomic E-state index is 12.6. The number of nitrogens with one attached hydrogen (secondary N) is 1. The predicted octanol–water partition coefficient (Wildman–Crippen LogP) is 3.20. The number of carbonyl (C=O) groups is 1. The molecule has 1 unspecified atom stereocenters. The summed E-state index contributed by atoms with van der Waals surface area (Å²) in [6.45, 7) is 2.17. The minimum Gasteiger partial charge on any atom is -0.495 e. The minimum absolute atomic E-state index is 0.286. The summed E-state index contributed by atoms with van der Waals surface area (Å²) in [7, 11) is -2.19. The predicted molar refractivity (Wildman–Crippen MR) is 104 cm³/mol. The van der Waals surface area contributed by atoms with E-state index in [1.807, 2.05) is 0 Å². The van der Waals surface area contributed by atoms with E-state index < -0.39 is 16.1 Å². The Morgan fingerprint density at radius 1 is 1.35 bits per heavy atom. The van der Waals surface area contributed by atoms with Gasteiger partial charge in [-0.05, 0) is 43.9 Å². The second kappa shape index (κ2) is 8.95. The molecule has 0 heterocycles. The number of benzene rings is 1. The smallest absolute Gasteiger partial charge is 0.243 e. The van der Waals surface area contributed by atoms with Crippen molar-refractivity contribution in [1.29, 1.82) is 0 Å². The molecule has 0 radical (unpaired) electrons. The first-order valence-corrected chi connectivity index (χ1v) is 11.1. The van der Waals surface area contributed by atoms with Gasteiger partial charge in [0.25, 0.3) is 0 Å². The van der Waals surface area contributed by atoms with E-state index in [-0.39, 0.29) is 10.9 Å². The Labute approximate surface area is 160 Å². The third-order valence-electron chi connectivity index (χ3n) is 4.77. The third kappa shape index (κ3) is 5.27. The van der Waals surface area contributed by atoms with E-state index in [1.54, 1.807) is 19.1 Å². The van der Waals surface area contributed by atoms with Gasteiger partial charge in [0.2, 0.25) is 15.9 Å². The van der Waals surface area contributed by atoms with Crippen molar-refractivity contribution >= 4 is 33.2 Å². The lowest BCUT2D eigenvalue weighted by molar-refractivity contribution is -0.122. The standard InChI is InChI=1S/C18H27ClN2O4S/c1-13(18(22)20-12-14-7-5-4-6-8-14)21(26(3,23)24)15-9-10-17(25-2)16(19)11-15/h9-11,13-14H,4-8,12H2,1-3H3,(H,20,22). The minimum atomic E-state index is -3.67. The molecule has 1 N–H and O–H groups in total. The van der Waals surface area contributed by atoms with Crippen molar-refractivity contribution in [3.8, 4) is 5.75 Å². The number of carbonyl (C=O) groups excluding carboxylic acids is 1. The van der Waals surface area contributed by atoms with Crippen LogP contribution in [0.2, 0.25) is 5.02 Å². The largest absolute Gasteiger partial charge is 0.495 e. The number of amides is 1. The van der Waals surface area contributed by atoms with Gasteiger partial charge < -0.3 is 10.1 Å². The number of rotatable bonds is 7. The van der Waals surface area contributed by atoms with Crippen LogP contribution >= 0.6 is 11.6 Å². The molecule has 2 rings (SSSR count). The van der Waals surface area contributed by atoms with Crippen LogP contribution in [-0.4, -0.2) is 40.3 Å². The number of hydrogen-bond donors (Lipinski definition) is 1. The van der Waals surface area contributed by atoms with Crippen LogP contribution in [0.1, 0.15) is 39.0 Å². The molecule has 1 atom stereocenters. The van der Waals surface area contributed by atoms with Crippen LogP contribution in [0.4, 0.5) is 5.69 Å². The Morgan fingerprint density at radius 3 is 2.54 bits per heavy atom. The van der Waals surface area contributed by atoms with E-state index in [4.69, 9.17) is 16.3 Å². The first-order valence-electron chi connectivity index (χ1n) is 8.84. The van der Waals surface area contributed by atoms with E-state index >= 15 is 0 Å². The van der Waals surface area contributed by atoms with Gasteiger partial charge in [0.15, 0.2) is 0 Å². The molecule has 8 heteroatoms. The lowest BCUT2D eigenvalue weighted by Crippen LogP contribution is -2.48. The topological polar surface area (TPSA) is 75.7 Å². The monoisotopic (exact) mass is 402 g/mol. The number of halogens is 1. The summed E-state index contributed by atoms with van der Waals surface area (Å²) in [6, 6.07) is 3.78. The van der Waals surface area contributed by atoms with Crippen molar-refractivity contribution in [1.82, 2.24) is 5.32 Å². The zero-order chi connectivity index (χ0) is 19.3. The zero-order valence-corrected chi connectivity index (χ0v) is 17.1. The summed E-state index contributed by atoms with van der Waals surface area (Å²) < 4.78 is 30.8. The molecule has 1 aromatic rings. The molecule has 0 saturated heterocycles. The number of nitrogens with zero attached hydrogens (tertiary/aromatic N) is 1. The molecule has 1 aromatic carbocycles. The van der Waals surface area contributed by atoms with Crippen molar-refractivity contribution < 1.29 is 17.9 Å². The molecule has 0 aromatic heterocycles. The van der Waals surface area contributed by atoms with E-state index in [1.165, 1.54) is 32.4 Å². The van der Waals surface area contributed by atoms with Gasteiger partial charge in [0.1, 0.15) is 11.8 Å². The molecule has 0 bridgehead atoms. The van der Waals surface area contributed by atoms with E-state index in [0.717, 1.165) is 23.4 Å². The van der Waals surface area contributed by atoms with Gasteiger partial charge in [-0.15, -0.1) is 0 Å². The summed E-state index contributed by atoms with van der Waals surface area (Å²) in [5.41, 5.74) is 0.332. The first-order chi connectivity index (χ1) is 12.2. The zero-order valence-electron chi connectivity index (χ0n) is 15.5. The molecule has 0 aliphatic heterocycles. The average Bonchev–Trinajstić information content (AvgIpc) is 2.59. The molecule has 1 aliphatic rings. The van der Waals surface area contributed by atoms with Crippen LogP contribution in [-0.2, 0) is 14.8 Å². The van der Waals surface area contributed by atoms with Gasteiger partial charge in [0.05, 0.1) is 24.1 Å². The normalized spacial score (nSPS) is 16.8. The van der Waals surface area contributed by atoms with Gasteiger partial charge in [-0.2, -0.15) is 0 Å². The van der Waals surface area contributed by atoms with Crippen LogP contribution in [0.25, 0.3) is 0 Å². The Kier molecular flexibility index (Phi) is 7.17. The highest BCUT2D eigenvalue weighted by atomic mass is 35.5. The van der Waals surface area contributed by atoms with E-state index in [0.29, 0.717) is 23.9 Å². The third-order valence-corrected chi connectivity index (χ3v) is 6.31. The van der Waals surface area contributed by atoms with Crippen molar-refractivity contribution in [3.05, 3.63) is 23.2 Å². The number of anilines is 1. The molecule has 0 spiro atoms. The quantitative estimate of drug-likeness (QED) is 0.759. The molecule has 1 saturated carbocycles. The number of methoxy groups -OCH3 is 1. The van der Waals surface area contributed by atoms with Gasteiger partial charge in [-0.3, -0.25) is 9.10 Å². The van der Waals surface area contributed by atoms with Crippen LogP contribution < -0.4 is 14.4 Å². The highest BCUT2D eigenvalue weighted by Gasteiger charge is 2.30. The molecular formula is C18H27ClN2O4S. The molecule has 1 fully saturated rings. The van der Waals surface area contributed by atoms with Crippen LogP contribution in [0.15, 0.2) is 18.2 Å². The molecule has 1 amide bonds. The van der Waals surface area contributed by atoms with Gasteiger partial charge >= 0.3 is 0 Å². The van der Waals surface area contributed by atoms with Crippen LogP contribution in [0, 0.1) is 5.92 Å². The van der Waals surface area contributed by atoms with Gasteiger partial charge in [0, 0.05) is 6.54 Å². The van der Waals surface area contributed by atoms with E-state index in [9.17, 15) is 13.2 Å². The second-order valence-electron chi connectivity index (χ2n) is 6.80. The van der Waals surface area contributed by atoms with E-state index in [2.05, 4.69) is 5.32 Å². The first kappa shape index (κ1) is 20.8. The van der Waals surface area contributed by atoms with Crippen molar-refractivity contribution in [3.63, 3.8) is 0 Å². The fraction of sp³-hybridized carbons (Fsp3) is 0.611. The van der Waals surface area contributed by atoms with Crippen molar-refractivity contribution in [2.75, 3.05) is 24.2 Å². The molecule has 146 valence electrons. The maximum atomic E-state index is 12.6. The maximum Gasteiger partial charge on any atom is 0.243 e. The Morgan fingerprint density at radius 2 is 2.00 bits per heavy atom. The lowest BCUT2D eigenvalue weighted by Gasteiger charge is -2.29.